The summed E-state index contributed by atoms with van der Waals surface area (Å²) in [4.78, 5) is 18.5. The fraction of sp³-hybridized carbons (Fsp3) is 0.167. The number of amides is 1. The molecule has 1 aromatic carbocycles. The standard InChI is InChI=1S/C12H13FN4O/c13-10-2-1-8(5-11(10)14)12(18)16-4-3-9-6-15-7-17-9/h1-2,5-7H,3-4,14H2,(H,15,17)(H,16,18). The minimum atomic E-state index is -0.524. The Morgan fingerprint density at radius 2 is 2.33 bits per heavy atom. The molecule has 0 radical (unpaired) electrons. The number of nitrogen functional groups attached to an aromatic ring is 1. The highest BCUT2D eigenvalue weighted by atomic mass is 19.1. The van der Waals surface area contributed by atoms with Gasteiger partial charge in [-0.1, -0.05) is 0 Å². The summed E-state index contributed by atoms with van der Waals surface area (Å²) in [5.74, 6) is -0.801. The molecule has 2 aromatic rings. The van der Waals surface area contributed by atoms with E-state index in [0.29, 0.717) is 18.5 Å². The van der Waals surface area contributed by atoms with Crippen molar-refractivity contribution in [3.8, 4) is 0 Å². The van der Waals surface area contributed by atoms with Crippen molar-refractivity contribution in [2.75, 3.05) is 12.3 Å². The van der Waals surface area contributed by atoms with Crippen molar-refractivity contribution in [2.24, 2.45) is 0 Å². The Morgan fingerprint density at radius 3 is 3.00 bits per heavy atom. The first-order chi connectivity index (χ1) is 8.66. The SMILES string of the molecule is Nc1cc(C(=O)NCCc2cnc[nH]2)ccc1F. The average molecular weight is 248 g/mol. The van der Waals surface area contributed by atoms with E-state index in [0.717, 1.165) is 5.69 Å². The molecule has 0 atom stereocenters. The van der Waals surface area contributed by atoms with Crippen molar-refractivity contribution in [3.63, 3.8) is 0 Å². The molecule has 94 valence electrons. The minimum absolute atomic E-state index is 0.0313. The predicted octanol–water partition coefficient (Wildman–Crippen LogP) is 1.10. The largest absolute Gasteiger partial charge is 0.396 e. The molecule has 2 rings (SSSR count). The van der Waals surface area contributed by atoms with Gasteiger partial charge in [-0.2, -0.15) is 0 Å². The third-order valence-corrected chi connectivity index (χ3v) is 2.49. The molecule has 4 N–H and O–H groups in total. The van der Waals surface area contributed by atoms with Crippen LogP contribution in [0.15, 0.2) is 30.7 Å². The molecule has 0 aliphatic carbocycles. The van der Waals surface area contributed by atoms with Crippen molar-refractivity contribution < 1.29 is 9.18 Å². The van der Waals surface area contributed by atoms with Crippen LogP contribution in [0.25, 0.3) is 0 Å². The lowest BCUT2D eigenvalue weighted by Gasteiger charge is -2.05. The number of hydrogen-bond acceptors (Lipinski definition) is 3. The van der Waals surface area contributed by atoms with Gasteiger partial charge in [-0.25, -0.2) is 9.37 Å². The van der Waals surface area contributed by atoms with Gasteiger partial charge >= 0.3 is 0 Å². The number of hydrogen-bond donors (Lipinski definition) is 3. The molecule has 0 aliphatic heterocycles. The lowest BCUT2D eigenvalue weighted by atomic mass is 10.2. The number of benzene rings is 1. The number of halogens is 1. The fourth-order valence-electron chi connectivity index (χ4n) is 1.52. The highest BCUT2D eigenvalue weighted by Gasteiger charge is 2.07. The summed E-state index contributed by atoms with van der Waals surface area (Å²) >= 11 is 0. The second-order valence-electron chi connectivity index (χ2n) is 3.82. The zero-order chi connectivity index (χ0) is 13.0. The number of H-pyrrole nitrogens is 1. The number of carbonyl (C=O) groups is 1. The van der Waals surface area contributed by atoms with Crippen LogP contribution in [-0.4, -0.2) is 22.4 Å². The van der Waals surface area contributed by atoms with Crippen LogP contribution in [0, 0.1) is 5.82 Å². The minimum Gasteiger partial charge on any atom is -0.396 e. The average Bonchev–Trinajstić information content (AvgIpc) is 2.85. The normalized spacial score (nSPS) is 10.3. The van der Waals surface area contributed by atoms with Crippen LogP contribution in [0.4, 0.5) is 10.1 Å². The maximum Gasteiger partial charge on any atom is 0.251 e. The Hall–Kier alpha value is -2.37. The van der Waals surface area contributed by atoms with Gasteiger partial charge in [-0.15, -0.1) is 0 Å². The first-order valence-electron chi connectivity index (χ1n) is 5.47. The van der Waals surface area contributed by atoms with Gasteiger partial charge in [0, 0.05) is 30.4 Å². The molecule has 0 saturated heterocycles. The second-order valence-corrected chi connectivity index (χ2v) is 3.82. The number of nitrogens with two attached hydrogens (primary N) is 1. The van der Waals surface area contributed by atoms with Gasteiger partial charge in [-0.05, 0) is 18.2 Å². The number of anilines is 1. The number of carbonyl (C=O) groups excluding carboxylic acids is 1. The topological polar surface area (TPSA) is 83.8 Å². The summed E-state index contributed by atoms with van der Waals surface area (Å²) < 4.78 is 12.9. The van der Waals surface area contributed by atoms with Gasteiger partial charge in [0.2, 0.25) is 0 Å². The molecular weight excluding hydrogens is 235 g/mol. The van der Waals surface area contributed by atoms with Gasteiger partial charge in [0.05, 0.1) is 12.0 Å². The van der Waals surface area contributed by atoms with Crippen molar-refractivity contribution >= 4 is 11.6 Å². The van der Waals surface area contributed by atoms with E-state index in [2.05, 4.69) is 15.3 Å². The van der Waals surface area contributed by atoms with Gasteiger partial charge in [0.1, 0.15) is 5.82 Å². The Labute approximate surface area is 103 Å². The van der Waals surface area contributed by atoms with E-state index >= 15 is 0 Å². The van der Waals surface area contributed by atoms with Crippen molar-refractivity contribution in [3.05, 3.63) is 47.8 Å². The van der Waals surface area contributed by atoms with Gasteiger partial charge < -0.3 is 16.0 Å². The molecule has 0 bridgehead atoms. The molecule has 1 heterocycles. The molecule has 0 aliphatic rings. The third kappa shape index (κ3) is 2.85. The maximum atomic E-state index is 12.9. The summed E-state index contributed by atoms with van der Waals surface area (Å²) in [6, 6.07) is 3.90. The van der Waals surface area contributed by atoms with Crippen LogP contribution in [0.3, 0.4) is 0 Å². The van der Waals surface area contributed by atoms with Crippen LogP contribution in [0.2, 0.25) is 0 Å². The number of rotatable bonds is 4. The van der Waals surface area contributed by atoms with E-state index in [1.54, 1.807) is 12.5 Å². The number of nitrogens with zero attached hydrogens (tertiary/aromatic N) is 1. The summed E-state index contributed by atoms with van der Waals surface area (Å²) in [7, 11) is 0. The number of aromatic amines is 1. The van der Waals surface area contributed by atoms with Crippen LogP contribution in [0.1, 0.15) is 16.1 Å². The number of imidazole rings is 1. The first kappa shape index (κ1) is 12.1. The quantitative estimate of drug-likeness (QED) is 0.708. The molecule has 1 aromatic heterocycles. The molecule has 5 nitrogen and oxygen atoms in total. The highest BCUT2D eigenvalue weighted by molar-refractivity contribution is 5.95. The third-order valence-electron chi connectivity index (χ3n) is 2.49. The number of aromatic nitrogens is 2. The van der Waals surface area contributed by atoms with Crippen LogP contribution >= 0.6 is 0 Å². The molecule has 1 amide bonds. The van der Waals surface area contributed by atoms with E-state index < -0.39 is 5.82 Å². The molecule has 0 fully saturated rings. The Balaban J connectivity index is 1.89. The summed E-state index contributed by atoms with van der Waals surface area (Å²) in [5, 5.41) is 2.72. The maximum absolute atomic E-state index is 12.9. The Bertz CT molecular complexity index is 539. The summed E-state index contributed by atoms with van der Waals surface area (Å²) in [6.45, 7) is 0.471. The first-order valence-corrected chi connectivity index (χ1v) is 5.47. The lowest BCUT2D eigenvalue weighted by molar-refractivity contribution is 0.0954. The predicted molar refractivity (Wildman–Crippen MR) is 65.4 cm³/mol. The zero-order valence-electron chi connectivity index (χ0n) is 9.61. The number of nitrogens with one attached hydrogen (secondary N) is 2. The molecular formula is C12H13FN4O. The molecule has 0 unspecified atom stereocenters. The van der Waals surface area contributed by atoms with E-state index in [9.17, 15) is 9.18 Å². The lowest BCUT2D eigenvalue weighted by Crippen LogP contribution is -2.25. The van der Waals surface area contributed by atoms with Crippen molar-refractivity contribution in [2.45, 2.75) is 6.42 Å². The van der Waals surface area contributed by atoms with Crippen LogP contribution < -0.4 is 11.1 Å². The van der Waals surface area contributed by atoms with Crippen molar-refractivity contribution in [1.82, 2.24) is 15.3 Å². The summed E-state index contributed by atoms with van der Waals surface area (Å²) in [6.07, 6.45) is 3.93. The molecule has 6 heteroatoms. The second kappa shape index (κ2) is 5.31. The summed E-state index contributed by atoms with van der Waals surface area (Å²) in [5.41, 5.74) is 6.65. The van der Waals surface area contributed by atoms with E-state index in [1.807, 2.05) is 0 Å². The highest BCUT2D eigenvalue weighted by Crippen LogP contribution is 2.11. The van der Waals surface area contributed by atoms with E-state index in [-0.39, 0.29) is 11.6 Å². The smallest absolute Gasteiger partial charge is 0.251 e. The molecule has 0 saturated carbocycles. The molecule has 18 heavy (non-hydrogen) atoms. The van der Waals surface area contributed by atoms with E-state index in [1.165, 1.54) is 18.2 Å². The van der Waals surface area contributed by atoms with Crippen LogP contribution in [0.5, 0.6) is 0 Å². The van der Waals surface area contributed by atoms with Crippen LogP contribution in [-0.2, 0) is 6.42 Å². The van der Waals surface area contributed by atoms with E-state index in [4.69, 9.17) is 5.73 Å². The van der Waals surface area contributed by atoms with Crippen molar-refractivity contribution in [1.29, 1.82) is 0 Å². The zero-order valence-corrected chi connectivity index (χ0v) is 9.61. The Morgan fingerprint density at radius 1 is 1.50 bits per heavy atom. The fourth-order valence-corrected chi connectivity index (χ4v) is 1.52. The molecule has 0 spiro atoms. The van der Waals surface area contributed by atoms with Gasteiger partial charge in [0.25, 0.3) is 5.91 Å². The van der Waals surface area contributed by atoms with Gasteiger partial charge in [0.15, 0.2) is 0 Å². The monoisotopic (exact) mass is 248 g/mol. The van der Waals surface area contributed by atoms with Gasteiger partial charge in [-0.3, -0.25) is 4.79 Å². The Kier molecular flexibility index (Phi) is 3.57.